The number of pyridine rings is 2. The van der Waals surface area contributed by atoms with E-state index in [0.29, 0.717) is 11.3 Å². The van der Waals surface area contributed by atoms with Gasteiger partial charge in [0, 0.05) is 25.0 Å². The lowest BCUT2D eigenvalue weighted by molar-refractivity contribution is 0.102. The Hall–Kier alpha value is -3.21. The highest BCUT2D eigenvalue weighted by Gasteiger charge is 2.18. The molecule has 0 radical (unpaired) electrons. The van der Waals surface area contributed by atoms with E-state index in [1.54, 1.807) is 12.4 Å². The van der Waals surface area contributed by atoms with Crippen LogP contribution in [-0.2, 0) is 13.0 Å². The highest BCUT2D eigenvalue weighted by molar-refractivity contribution is 6.04. The van der Waals surface area contributed by atoms with Crippen LogP contribution in [0.5, 0.6) is 0 Å². The number of fused-ring (bicyclic) bond motifs is 1. The highest BCUT2D eigenvalue weighted by atomic mass is 16.1. The van der Waals surface area contributed by atoms with E-state index in [9.17, 15) is 4.79 Å². The number of carbonyl (C=O) groups is 1. The van der Waals surface area contributed by atoms with Crippen LogP contribution in [0.3, 0.4) is 0 Å². The molecule has 0 unspecified atom stereocenters. The molecule has 3 heterocycles. The van der Waals surface area contributed by atoms with Gasteiger partial charge in [-0.2, -0.15) is 0 Å². The second kappa shape index (κ2) is 7.19. The van der Waals surface area contributed by atoms with E-state index in [-0.39, 0.29) is 5.91 Å². The lowest BCUT2D eigenvalue weighted by atomic mass is 9.98. The molecule has 1 amide bonds. The van der Waals surface area contributed by atoms with Gasteiger partial charge in [0.05, 0.1) is 17.4 Å². The number of carbonyl (C=O) groups excluding carboxylic acids is 1. The minimum atomic E-state index is -0.181. The molecule has 1 aromatic carbocycles. The third kappa shape index (κ3) is 3.82. The van der Waals surface area contributed by atoms with E-state index in [4.69, 9.17) is 0 Å². The molecule has 0 bridgehead atoms. The molecule has 1 aliphatic heterocycles. The lowest BCUT2D eigenvalue weighted by Crippen LogP contribution is -2.31. The maximum atomic E-state index is 12.4. The molecule has 1 N–H and O–H groups in total. The maximum absolute atomic E-state index is 12.4. The molecule has 0 aliphatic carbocycles. The average molecular weight is 358 g/mol. The van der Waals surface area contributed by atoms with Crippen molar-refractivity contribution in [1.82, 2.24) is 9.97 Å². The van der Waals surface area contributed by atoms with Crippen molar-refractivity contribution < 1.29 is 4.79 Å². The van der Waals surface area contributed by atoms with E-state index in [1.807, 2.05) is 31.2 Å². The Balaban J connectivity index is 1.46. The van der Waals surface area contributed by atoms with Gasteiger partial charge in [-0.3, -0.25) is 9.78 Å². The molecule has 0 saturated heterocycles. The van der Waals surface area contributed by atoms with Gasteiger partial charge < -0.3 is 10.2 Å². The van der Waals surface area contributed by atoms with Crippen molar-refractivity contribution >= 4 is 17.4 Å². The summed E-state index contributed by atoms with van der Waals surface area (Å²) in [6, 6.07) is 14.1. The number of hydrogen-bond acceptors (Lipinski definition) is 4. The Morgan fingerprint density at radius 3 is 2.63 bits per heavy atom. The van der Waals surface area contributed by atoms with Crippen molar-refractivity contribution in [3.63, 3.8) is 0 Å². The molecular weight excluding hydrogens is 336 g/mol. The summed E-state index contributed by atoms with van der Waals surface area (Å²) in [5, 5.41) is 2.85. The summed E-state index contributed by atoms with van der Waals surface area (Å²) in [6.45, 7) is 5.82. The highest BCUT2D eigenvalue weighted by Crippen LogP contribution is 2.24. The number of hydrogen-bond donors (Lipinski definition) is 1. The number of nitrogens with zero attached hydrogens (tertiary/aromatic N) is 3. The summed E-state index contributed by atoms with van der Waals surface area (Å²) < 4.78 is 0. The standard InChI is InChI=1S/C22H22N4O/c1-15-3-5-17-9-10-26(14-19(17)11-15)21-8-6-18(12-24-21)22(27)25-20-7-4-16(2)23-13-20/h3-8,11-13H,9-10,14H2,1-2H3,(H,25,27). The van der Waals surface area contributed by atoms with Crippen LogP contribution >= 0.6 is 0 Å². The van der Waals surface area contributed by atoms with Gasteiger partial charge in [-0.1, -0.05) is 23.8 Å². The van der Waals surface area contributed by atoms with Gasteiger partial charge in [0.15, 0.2) is 0 Å². The van der Waals surface area contributed by atoms with Crippen LogP contribution < -0.4 is 10.2 Å². The smallest absolute Gasteiger partial charge is 0.257 e. The summed E-state index contributed by atoms with van der Waals surface area (Å²) in [6.07, 6.45) is 4.31. The zero-order valence-corrected chi connectivity index (χ0v) is 15.6. The fourth-order valence-corrected chi connectivity index (χ4v) is 3.33. The van der Waals surface area contributed by atoms with Crippen LogP contribution in [-0.4, -0.2) is 22.4 Å². The van der Waals surface area contributed by atoms with Crippen molar-refractivity contribution in [3.8, 4) is 0 Å². The van der Waals surface area contributed by atoms with E-state index in [0.717, 1.165) is 31.0 Å². The van der Waals surface area contributed by atoms with Gasteiger partial charge >= 0.3 is 0 Å². The SMILES string of the molecule is Cc1ccc2c(c1)CN(c1ccc(C(=O)Nc3ccc(C)nc3)cn1)CC2. The minimum absolute atomic E-state index is 0.181. The van der Waals surface area contributed by atoms with Crippen molar-refractivity contribution in [2.75, 3.05) is 16.8 Å². The Morgan fingerprint density at radius 1 is 1.00 bits per heavy atom. The van der Waals surface area contributed by atoms with Crippen LogP contribution in [0.4, 0.5) is 11.5 Å². The lowest BCUT2D eigenvalue weighted by Gasteiger charge is -2.30. The Bertz CT molecular complexity index is 965. The molecule has 5 nitrogen and oxygen atoms in total. The molecule has 1 aliphatic rings. The Morgan fingerprint density at radius 2 is 1.89 bits per heavy atom. The molecule has 0 saturated carbocycles. The number of benzene rings is 1. The first kappa shape index (κ1) is 17.2. The number of amides is 1. The summed E-state index contributed by atoms with van der Waals surface area (Å²) in [4.78, 5) is 23.4. The van der Waals surface area contributed by atoms with Crippen molar-refractivity contribution in [3.05, 3.63) is 82.8 Å². The third-order valence-corrected chi connectivity index (χ3v) is 4.88. The van der Waals surface area contributed by atoms with Crippen LogP contribution in [0.25, 0.3) is 0 Å². The largest absolute Gasteiger partial charge is 0.352 e. The number of nitrogens with one attached hydrogen (secondary N) is 1. The van der Waals surface area contributed by atoms with Crippen molar-refractivity contribution in [2.45, 2.75) is 26.8 Å². The molecule has 136 valence electrons. The average Bonchev–Trinajstić information content (AvgIpc) is 2.69. The molecule has 4 rings (SSSR count). The van der Waals surface area contributed by atoms with Gasteiger partial charge in [0.2, 0.25) is 0 Å². The summed E-state index contributed by atoms with van der Waals surface area (Å²) in [5.74, 6) is 0.718. The first-order valence-electron chi connectivity index (χ1n) is 9.12. The fraction of sp³-hybridized carbons (Fsp3) is 0.227. The van der Waals surface area contributed by atoms with Crippen LogP contribution in [0, 0.1) is 13.8 Å². The normalized spacial score (nSPS) is 13.2. The molecule has 0 spiro atoms. The molecule has 5 heteroatoms. The van der Waals surface area contributed by atoms with Crippen molar-refractivity contribution in [2.24, 2.45) is 0 Å². The zero-order chi connectivity index (χ0) is 18.8. The quantitative estimate of drug-likeness (QED) is 0.771. The fourth-order valence-electron chi connectivity index (χ4n) is 3.33. The van der Waals surface area contributed by atoms with E-state index < -0.39 is 0 Å². The molecule has 0 atom stereocenters. The van der Waals surface area contributed by atoms with Crippen LogP contribution in [0.15, 0.2) is 54.9 Å². The topological polar surface area (TPSA) is 58.1 Å². The van der Waals surface area contributed by atoms with Gasteiger partial charge in [-0.15, -0.1) is 0 Å². The van der Waals surface area contributed by atoms with Crippen molar-refractivity contribution in [1.29, 1.82) is 0 Å². The summed E-state index contributed by atoms with van der Waals surface area (Å²) in [7, 11) is 0. The first-order chi connectivity index (χ1) is 13.1. The molecule has 3 aromatic rings. The van der Waals surface area contributed by atoms with Gasteiger partial charge in [0.1, 0.15) is 5.82 Å². The monoisotopic (exact) mass is 358 g/mol. The second-order valence-corrected chi connectivity index (χ2v) is 6.99. The first-order valence-corrected chi connectivity index (χ1v) is 9.12. The van der Waals surface area contributed by atoms with E-state index in [1.165, 1.54) is 16.7 Å². The predicted molar refractivity (Wildman–Crippen MR) is 107 cm³/mol. The maximum Gasteiger partial charge on any atom is 0.257 e. The minimum Gasteiger partial charge on any atom is -0.352 e. The Kier molecular flexibility index (Phi) is 4.59. The Labute approximate surface area is 159 Å². The summed E-state index contributed by atoms with van der Waals surface area (Å²) in [5.41, 5.74) is 6.18. The summed E-state index contributed by atoms with van der Waals surface area (Å²) >= 11 is 0. The molecule has 27 heavy (non-hydrogen) atoms. The van der Waals surface area contributed by atoms with Crippen LogP contribution in [0.2, 0.25) is 0 Å². The second-order valence-electron chi connectivity index (χ2n) is 6.99. The van der Waals surface area contributed by atoms with Gasteiger partial charge in [0.25, 0.3) is 5.91 Å². The van der Waals surface area contributed by atoms with E-state index >= 15 is 0 Å². The number of rotatable bonds is 3. The van der Waals surface area contributed by atoms with Crippen LogP contribution in [0.1, 0.15) is 32.7 Å². The predicted octanol–water partition coefficient (Wildman–Crippen LogP) is 3.91. The molecular formula is C22H22N4O. The van der Waals surface area contributed by atoms with Gasteiger partial charge in [-0.05, 0) is 55.7 Å². The van der Waals surface area contributed by atoms with Gasteiger partial charge in [-0.25, -0.2) is 4.98 Å². The third-order valence-electron chi connectivity index (χ3n) is 4.88. The number of aryl methyl sites for hydroxylation is 2. The molecule has 0 fully saturated rings. The zero-order valence-electron chi connectivity index (χ0n) is 15.6. The van der Waals surface area contributed by atoms with E-state index in [2.05, 4.69) is 45.3 Å². The number of anilines is 2. The number of aromatic nitrogens is 2. The molecule has 2 aromatic heterocycles.